The normalized spacial score (nSPS) is 10.5. The molecule has 0 unspecified atom stereocenters. The molecule has 3 aromatic rings. The van der Waals surface area contributed by atoms with Crippen LogP contribution in [0.25, 0.3) is 10.8 Å². The smallest absolute Gasteiger partial charge is 0.273 e. The second-order valence-electron chi connectivity index (χ2n) is 5.70. The number of thioether (sulfide) groups is 1. The molecule has 0 heterocycles. The van der Waals surface area contributed by atoms with Gasteiger partial charge in [0.05, 0.1) is 11.3 Å². The summed E-state index contributed by atoms with van der Waals surface area (Å²) >= 11 is 1.45. The Labute approximate surface area is 155 Å². The molecule has 0 aromatic heterocycles. The molecule has 0 saturated carbocycles. The number of hydrogen-bond donors (Lipinski definition) is 3. The average molecular weight is 366 g/mol. The molecule has 0 aliphatic carbocycles. The number of amides is 2. The van der Waals surface area contributed by atoms with Crippen molar-refractivity contribution in [3.63, 3.8) is 0 Å². The molecule has 0 saturated heterocycles. The Morgan fingerprint density at radius 2 is 1.54 bits per heavy atom. The number of hydrogen-bond acceptors (Lipinski definition) is 4. The zero-order chi connectivity index (χ0) is 18.4. The fraction of sp³-hybridized carbons (Fsp3) is 0.100. The van der Waals surface area contributed by atoms with Crippen molar-refractivity contribution in [3.05, 3.63) is 77.9 Å². The number of phenolic OH excluding ortho intramolecular Hbond substituents is 1. The fourth-order valence-corrected chi connectivity index (χ4v) is 3.26. The Morgan fingerprint density at radius 1 is 0.885 bits per heavy atom. The molecule has 0 aliphatic rings. The predicted molar refractivity (Wildman–Crippen MR) is 104 cm³/mol. The molecule has 2 amide bonds. The monoisotopic (exact) mass is 366 g/mol. The lowest BCUT2D eigenvalue weighted by Crippen LogP contribution is -2.42. The molecule has 132 valence electrons. The van der Waals surface area contributed by atoms with Crippen molar-refractivity contribution in [1.29, 1.82) is 0 Å². The van der Waals surface area contributed by atoms with Crippen molar-refractivity contribution in [3.8, 4) is 5.75 Å². The van der Waals surface area contributed by atoms with Crippen molar-refractivity contribution in [2.45, 2.75) is 5.75 Å². The first kappa shape index (κ1) is 17.8. The summed E-state index contributed by atoms with van der Waals surface area (Å²) in [6.07, 6.45) is 0. The maximum absolute atomic E-state index is 12.2. The van der Waals surface area contributed by atoms with Crippen LogP contribution in [0.3, 0.4) is 0 Å². The van der Waals surface area contributed by atoms with Gasteiger partial charge in [0, 0.05) is 5.75 Å². The minimum atomic E-state index is -0.560. The highest BCUT2D eigenvalue weighted by atomic mass is 32.2. The van der Waals surface area contributed by atoms with Crippen LogP contribution in [-0.4, -0.2) is 22.7 Å². The molecule has 3 rings (SSSR count). The van der Waals surface area contributed by atoms with E-state index in [0.29, 0.717) is 5.75 Å². The van der Waals surface area contributed by atoms with E-state index in [-0.39, 0.29) is 23.0 Å². The maximum atomic E-state index is 12.2. The summed E-state index contributed by atoms with van der Waals surface area (Å²) in [5, 5.41) is 11.7. The van der Waals surface area contributed by atoms with Crippen molar-refractivity contribution in [1.82, 2.24) is 10.9 Å². The highest BCUT2D eigenvalue weighted by Gasteiger charge is 2.13. The van der Waals surface area contributed by atoms with Gasteiger partial charge >= 0.3 is 0 Å². The summed E-state index contributed by atoms with van der Waals surface area (Å²) < 4.78 is 0. The van der Waals surface area contributed by atoms with Crippen LogP contribution >= 0.6 is 11.8 Å². The molecule has 0 bridgehead atoms. The second-order valence-corrected chi connectivity index (χ2v) is 6.68. The van der Waals surface area contributed by atoms with Gasteiger partial charge < -0.3 is 5.11 Å². The number of fused-ring (bicyclic) bond motifs is 1. The molecule has 6 heteroatoms. The van der Waals surface area contributed by atoms with Gasteiger partial charge in [0.2, 0.25) is 5.91 Å². The SMILES string of the molecule is O=C(CSCc1ccccc1)NNC(=O)c1cc2ccccc2cc1O. The molecule has 0 atom stereocenters. The third-order valence-corrected chi connectivity index (χ3v) is 4.77. The van der Waals surface area contributed by atoms with Crippen LogP contribution in [0, 0.1) is 0 Å². The number of carbonyl (C=O) groups excluding carboxylic acids is 2. The van der Waals surface area contributed by atoms with Crippen LogP contribution < -0.4 is 10.9 Å². The maximum Gasteiger partial charge on any atom is 0.273 e. The van der Waals surface area contributed by atoms with Crippen molar-refractivity contribution >= 4 is 34.3 Å². The summed E-state index contributed by atoms with van der Waals surface area (Å²) in [5.41, 5.74) is 5.96. The predicted octanol–water partition coefficient (Wildman–Crippen LogP) is 3.24. The van der Waals surface area contributed by atoms with Crippen LogP contribution in [0.4, 0.5) is 0 Å². The zero-order valence-electron chi connectivity index (χ0n) is 13.9. The van der Waals surface area contributed by atoms with Crippen LogP contribution in [0.2, 0.25) is 0 Å². The van der Waals surface area contributed by atoms with Crippen LogP contribution in [0.1, 0.15) is 15.9 Å². The molecule has 0 fully saturated rings. The third-order valence-electron chi connectivity index (χ3n) is 3.77. The van der Waals surface area contributed by atoms with Crippen LogP contribution in [0.5, 0.6) is 5.75 Å². The number of aromatic hydroxyl groups is 1. The Hall–Kier alpha value is -2.99. The Balaban J connectivity index is 1.52. The molecule has 3 N–H and O–H groups in total. The van der Waals surface area contributed by atoms with Gasteiger partial charge in [-0.05, 0) is 28.5 Å². The van der Waals surface area contributed by atoms with Gasteiger partial charge in [-0.15, -0.1) is 11.8 Å². The highest BCUT2D eigenvalue weighted by Crippen LogP contribution is 2.24. The lowest BCUT2D eigenvalue weighted by atomic mass is 10.1. The van der Waals surface area contributed by atoms with Crippen molar-refractivity contribution in [2.24, 2.45) is 0 Å². The van der Waals surface area contributed by atoms with E-state index in [1.54, 1.807) is 6.07 Å². The molecular formula is C20H18N2O3S. The Bertz CT molecular complexity index is 929. The Morgan fingerprint density at radius 3 is 2.27 bits per heavy atom. The van der Waals surface area contributed by atoms with Gasteiger partial charge in [0.1, 0.15) is 5.75 Å². The first-order chi connectivity index (χ1) is 12.6. The van der Waals surface area contributed by atoms with E-state index < -0.39 is 5.91 Å². The average Bonchev–Trinajstić information content (AvgIpc) is 2.66. The van der Waals surface area contributed by atoms with Crippen molar-refractivity contribution in [2.75, 3.05) is 5.75 Å². The number of benzene rings is 3. The van der Waals surface area contributed by atoms with E-state index in [1.807, 2.05) is 54.6 Å². The van der Waals surface area contributed by atoms with Gasteiger partial charge in [-0.1, -0.05) is 54.6 Å². The number of carbonyl (C=O) groups is 2. The van der Waals surface area contributed by atoms with E-state index in [4.69, 9.17) is 0 Å². The Kier molecular flexibility index (Phi) is 5.76. The molecule has 3 aromatic carbocycles. The lowest BCUT2D eigenvalue weighted by Gasteiger charge is -2.09. The largest absolute Gasteiger partial charge is 0.507 e. The minimum Gasteiger partial charge on any atom is -0.507 e. The quantitative estimate of drug-likeness (QED) is 0.606. The lowest BCUT2D eigenvalue weighted by molar-refractivity contribution is -0.119. The second kappa shape index (κ2) is 8.40. The van der Waals surface area contributed by atoms with Gasteiger partial charge in [0.15, 0.2) is 0 Å². The summed E-state index contributed by atoms with van der Waals surface area (Å²) in [7, 11) is 0. The van der Waals surface area contributed by atoms with Crippen LogP contribution in [-0.2, 0) is 10.5 Å². The molecule has 0 radical (unpaired) electrons. The fourth-order valence-electron chi connectivity index (χ4n) is 2.48. The third kappa shape index (κ3) is 4.55. The molecule has 5 nitrogen and oxygen atoms in total. The standard InChI is InChI=1S/C20H18N2O3S/c23-18-11-16-9-5-4-8-15(16)10-17(18)20(25)22-21-19(24)13-26-12-14-6-2-1-3-7-14/h1-11,23H,12-13H2,(H,21,24)(H,22,25). The van der Waals surface area contributed by atoms with Crippen LogP contribution in [0.15, 0.2) is 66.7 Å². The zero-order valence-corrected chi connectivity index (χ0v) is 14.8. The summed E-state index contributed by atoms with van der Waals surface area (Å²) in [5.74, 6) is -0.0601. The van der Waals surface area contributed by atoms with Gasteiger partial charge in [-0.25, -0.2) is 0 Å². The number of nitrogens with one attached hydrogen (secondary N) is 2. The first-order valence-corrected chi connectivity index (χ1v) is 9.21. The molecule has 0 spiro atoms. The minimum absolute atomic E-state index is 0.112. The van der Waals surface area contributed by atoms with E-state index in [1.165, 1.54) is 17.8 Å². The number of rotatable bonds is 5. The number of phenols is 1. The van der Waals surface area contributed by atoms with E-state index in [0.717, 1.165) is 16.3 Å². The first-order valence-electron chi connectivity index (χ1n) is 8.06. The van der Waals surface area contributed by atoms with E-state index in [9.17, 15) is 14.7 Å². The summed E-state index contributed by atoms with van der Waals surface area (Å²) in [6.45, 7) is 0. The van der Waals surface area contributed by atoms with Gasteiger partial charge in [-0.2, -0.15) is 0 Å². The molecule has 26 heavy (non-hydrogen) atoms. The van der Waals surface area contributed by atoms with Gasteiger partial charge in [0.25, 0.3) is 5.91 Å². The number of hydrazine groups is 1. The molecular weight excluding hydrogens is 348 g/mol. The topological polar surface area (TPSA) is 78.4 Å². The van der Waals surface area contributed by atoms with Gasteiger partial charge in [-0.3, -0.25) is 20.4 Å². The van der Waals surface area contributed by atoms with E-state index >= 15 is 0 Å². The molecule has 0 aliphatic heterocycles. The van der Waals surface area contributed by atoms with Crippen molar-refractivity contribution < 1.29 is 14.7 Å². The summed E-state index contributed by atoms with van der Waals surface area (Å²) in [4.78, 5) is 24.1. The summed E-state index contributed by atoms with van der Waals surface area (Å²) in [6, 6.07) is 20.4. The highest BCUT2D eigenvalue weighted by molar-refractivity contribution is 7.99. The van der Waals surface area contributed by atoms with E-state index in [2.05, 4.69) is 10.9 Å².